The van der Waals surface area contributed by atoms with E-state index < -0.39 is 17.9 Å². The molecule has 0 saturated carbocycles. The van der Waals surface area contributed by atoms with E-state index in [4.69, 9.17) is 0 Å². The maximum absolute atomic E-state index is 11.7. The Labute approximate surface area is 123 Å². The lowest BCUT2D eigenvalue weighted by Gasteiger charge is -2.13. The normalized spacial score (nSPS) is 10.2. The van der Waals surface area contributed by atoms with Gasteiger partial charge >= 0.3 is 11.9 Å². The van der Waals surface area contributed by atoms with E-state index in [1.165, 1.54) is 14.2 Å². The number of hydrogen-bond acceptors (Lipinski definition) is 4. The van der Waals surface area contributed by atoms with Crippen LogP contribution in [0.15, 0.2) is 54.6 Å². The van der Waals surface area contributed by atoms with Crippen LogP contribution >= 0.6 is 0 Å². The highest BCUT2D eigenvalue weighted by molar-refractivity contribution is 6.00. The van der Waals surface area contributed by atoms with Gasteiger partial charge in [0.1, 0.15) is 0 Å². The van der Waals surface area contributed by atoms with E-state index >= 15 is 0 Å². The van der Waals surface area contributed by atoms with Crippen molar-refractivity contribution in [2.75, 3.05) is 14.2 Å². The number of rotatable bonds is 4. The Bertz CT molecular complexity index is 601. The van der Waals surface area contributed by atoms with E-state index in [2.05, 4.69) is 9.47 Å². The van der Waals surface area contributed by atoms with Crippen molar-refractivity contribution in [2.24, 2.45) is 0 Å². The number of benzene rings is 2. The molecular weight excluding hydrogens is 268 g/mol. The smallest absolute Gasteiger partial charge is 0.324 e. The molecule has 21 heavy (non-hydrogen) atoms. The second kappa shape index (κ2) is 6.70. The summed E-state index contributed by atoms with van der Waals surface area (Å²) in [5.74, 6) is -2.31. The van der Waals surface area contributed by atoms with Gasteiger partial charge < -0.3 is 9.47 Å². The molecule has 2 rings (SSSR count). The van der Waals surface area contributed by atoms with Crippen molar-refractivity contribution >= 4 is 11.9 Å². The Morgan fingerprint density at radius 1 is 0.762 bits per heavy atom. The third-order valence-electron chi connectivity index (χ3n) is 3.22. The molecule has 4 heteroatoms. The minimum Gasteiger partial charge on any atom is -0.468 e. The van der Waals surface area contributed by atoms with Gasteiger partial charge in [-0.05, 0) is 16.7 Å². The first-order valence-electron chi connectivity index (χ1n) is 6.48. The van der Waals surface area contributed by atoms with Crippen LogP contribution in [0.4, 0.5) is 0 Å². The molecule has 0 aliphatic heterocycles. The molecule has 2 aromatic carbocycles. The molecule has 0 spiro atoms. The molecule has 0 aliphatic rings. The summed E-state index contributed by atoms with van der Waals surface area (Å²) in [5, 5.41) is 0. The number of ether oxygens (including phenoxy) is 2. The fourth-order valence-electron chi connectivity index (χ4n) is 2.10. The van der Waals surface area contributed by atoms with E-state index in [1.54, 1.807) is 12.1 Å². The predicted octanol–water partition coefficient (Wildman–Crippen LogP) is 2.78. The molecule has 0 aliphatic carbocycles. The molecule has 0 heterocycles. The first-order valence-corrected chi connectivity index (χ1v) is 6.48. The number of hydrogen-bond donors (Lipinski definition) is 0. The van der Waals surface area contributed by atoms with E-state index in [9.17, 15) is 9.59 Å². The standard InChI is InChI=1S/C17H16O4/c1-20-16(18)15(17(19)21-2)14-10-8-13(9-11-14)12-6-4-3-5-7-12/h3-11,15H,1-2H3. The van der Waals surface area contributed by atoms with Crippen molar-refractivity contribution in [1.29, 1.82) is 0 Å². The summed E-state index contributed by atoms with van der Waals surface area (Å²) in [6, 6.07) is 17.0. The summed E-state index contributed by atoms with van der Waals surface area (Å²) in [6.45, 7) is 0. The maximum atomic E-state index is 11.7. The molecule has 0 atom stereocenters. The fourth-order valence-corrected chi connectivity index (χ4v) is 2.10. The van der Waals surface area contributed by atoms with Crippen molar-refractivity contribution in [3.05, 3.63) is 60.2 Å². The average molecular weight is 284 g/mol. The SMILES string of the molecule is COC(=O)C(C(=O)OC)c1ccc(-c2ccccc2)cc1. The van der Waals surface area contributed by atoms with Crippen LogP contribution in [-0.2, 0) is 19.1 Å². The van der Waals surface area contributed by atoms with Crippen LogP contribution in [0, 0.1) is 0 Å². The van der Waals surface area contributed by atoms with E-state index in [1.807, 2.05) is 42.5 Å². The predicted molar refractivity (Wildman–Crippen MR) is 78.7 cm³/mol. The first-order chi connectivity index (χ1) is 10.2. The van der Waals surface area contributed by atoms with Crippen molar-refractivity contribution in [3.63, 3.8) is 0 Å². The minimum absolute atomic E-state index is 0.549. The fraction of sp³-hybridized carbons (Fsp3) is 0.176. The molecular formula is C17H16O4. The highest BCUT2D eigenvalue weighted by Crippen LogP contribution is 2.24. The van der Waals surface area contributed by atoms with Gasteiger partial charge in [0.15, 0.2) is 5.92 Å². The van der Waals surface area contributed by atoms with Crippen molar-refractivity contribution in [1.82, 2.24) is 0 Å². The molecule has 2 aromatic rings. The molecule has 0 fully saturated rings. The molecule has 0 amide bonds. The Balaban J connectivity index is 2.32. The maximum Gasteiger partial charge on any atom is 0.324 e. The molecule has 0 radical (unpaired) electrons. The van der Waals surface area contributed by atoms with Crippen molar-refractivity contribution in [2.45, 2.75) is 5.92 Å². The van der Waals surface area contributed by atoms with Crippen LogP contribution < -0.4 is 0 Å². The van der Waals surface area contributed by atoms with Gasteiger partial charge in [0, 0.05) is 0 Å². The summed E-state index contributed by atoms with van der Waals surface area (Å²) < 4.78 is 9.33. The van der Waals surface area contributed by atoms with Crippen LogP contribution in [-0.4, -0.2) is 26.2 Å². The van der Waals surface area contributed by atoms with Gasteiger partial charge in [0.2, 0.25) is 0 Å². The van der Waals surface area contributed by atoms with Gasteiger partial charge in [0.25, 0.3) is 0 Å². The highest BCUT2D eigenvalue weighted by Gasteiger charge is 2.30. The third kappa shape index (κ3) is 3.28. The molecule has 108 valence electrons. The van der Waals surface area contributed by atoms with E-state index in [0.717, 1.165) is 11.1 Å². The molecule has 0 bridgehead atoms. The van der Waals surface area contributed by atoms with E-state index in [0.29, 0.717) is 5.56 Å². The van der Waals surface area contributed by atoms with Crippen LogP contribution in [0.5, 0.6) is 0 Å². The Kier molecular flexibility index (Phi) is 4.72. The summed E-state index contributed by atoms with van der Waals surface area (Å²) in [6.07, 6.45) is 0. The lowest BCUT2D eigenvalue weighted by atomic mass is 9.96. The largest absolute Gasteiger partial charge is 0.468 e. The van der Waals surface area contributed by atoms with Gasteiger partial charge in [0.05, 0.1) is 14.2 Å². The Morgan fingerprint density at radius 2 is 1.24 bits per heavy atom. The zero-order chi connectivity index (χ0) is 15.2. The first kappa shape index (κ1) is 14.8. The van der Waals surface area contributed by atoms with Gasteiger partial charge in [-0.3, -0.25) is 9.59 Å². The van der Waals surface area contributed by atoms with Crippen LogP contribution in [0.2, 0.25) is 0 Å². The molecule has 4 nitrogen and oxygen atoms in total. The quantitative estimate of drug-likeness (QED) is 0.640. The zero-order valence-corrected chi connectivity index (χ0v) is 11.9. The van der Waals surface area contributed by atoms with Gasteiger partial charge in [-0.25, -0.2) is 0 Å². The number of methoxy groups -OCH3 is 2. The lowest BCUT2D eigenvalue weighted by molar-refractivity contribution is -0.154. The summed E-state index contributed by atoms with van der Waals surface area (Å²) >= 11 is 0. The lowest BCUT2D eigenvalue weighted by Crippen LogP contribution is -2.24. The number of carbonyl (C=O) groups is 2. The van der Waals surface area contributed by atoms with Crippen LogP contribution in [0.1, 0.15) is 11.5 Å². The minimum atomic E-state index is -1.05. The molecule has 0 N–H and O–H groups in total. The topological polar surface area (TPSA) is 52.6 Å². The second-order valence-corrected chi connectivity index (χ2v) is 4.47. The highest BCUT2D eigenvalue weighted by atomic mass is 16.5. The van der Waals surface area contributed by atoms with Crippen molar-refractivity contribution in [3.8, 4) is 11.1 Å². The third-order valence-corrected chi connectivity index (χ3v) is 3.22. The van der Waals surface area contributed by atoms with Crippen molar-refractivity contribution < 1.29 is 19.1 Å². The summed E-state index contributed by atoms with van der Waals surface area (Å²) in [7, 11) is 2.49. The Morgan fingerprint density at radius 3 is 1.71 bits per heavy atom. The number of carbonyl (C=O) groups excluding carboxylic acids is 2. The second-order valence-electron chi connectivity index (χ2n) is 4.47. The monoisotopic (exact) mass is 284 g/mol. The molecule has 0 unspecified atom stereocenters. The summed E-state index contributed by atoms with van der Waals surface area (Å²) in [5.41, 5.74) is 2.62. The molecule has 0 saturated heterocycles. The van der Waals surface area contributed by atoms with Gasteiger partial charge in [-0.2, -0.15) is 0 Å². The van der Waals surface area contributed by atoms with Crippen LogP contribution in [0.3, 0.4) is 0 Å². The van der Waals surface area contributed by atoms with Gasteiger partial charge in [-0.15, -0.1) is 0 Å². The van der Waals surface area contributed by atoms with E-state index in [-0.39, 0.29) is 0 Å². The molecule has 0 aromatic heterocycles. The zero-order valence-electron chi connectivity index (χ0n) is 11.9. The average Bonchev–Trinajstić information content (AvgIpc) is 2.56. The Hall–Kier alpha value is -2.62. The van der Waals surface area contributed by atoms with Crippen LogP contribution in [0.25, 0.3) is 11.1 Å². The summed E-state index contributed by atoms with van der Waals surface area (Å²) in [4.78, 5) is 23.5. The van der Waals surface area contributed by atoms with Gasteiger partial charge in [-0.1, -0.05) is 54.6 Å². The number of esters is 2.